The summed E-state index contributed by atoms with van der Waals surface area (Å²) in [5, 5.41) is 0. The van der Waals surface area contributed by atoms with Gasteiger partial charge < -0.3 is 9.53 Å². The molecule has 0 aromatic carbocycles. The van der Waals surface area contributed by atoms with Gasteiger partial charge in [0.05, 0.1) is 0 Å². The Kier molecular flexibility index (Phi) is 15.4. The van der Waals surface area contributed by atoms with Crippen molar-refractivity contribution in [1.29, 1.82) is 0 Å². The zero-order chi connectivity index (χ0) is 9.44. The molecule has 4 nitrogen and oxygen atoms in total. The number of hydrogen-bond donors (Lipinski definition) is 0. The van der Waals surface area contributed by atoms with Gasteiger partial charge in [-0.05, 0) is 13.8 Å². The first-order valence-corrected chi connectivity index (χ1v) is 3.02. The maximum absolute atomic E-state index is 9.81. The van der Waals surface area contributed by atoms with Crippen LogP contribution in [0.5, 0.6) is 0 Å². The predicted octanol–water partition coefficient (Wildman–Crippen LogP) is 0.689. The van der Waals surface area contributed by atoms with E-state index in [9.17, 15) is 14.4 Å². The van der Waals surface area contributed by atoms with Crippen LogP contribution in [0.2, 0.25) is 0 Å². The molecule has 0 aromatic rings. The Morgan fingerprint density at radius 3 is 1.00 bits per heavy atom. The molecule has 0 aliphatic rings. The third-order valence-electron chi connectivity index (χ3n) is 0.287. The number of ether oxygens (including phenoxy) is 1. The fourth-order valence-corrected chi connectivity index (χ4v) is 0.202. The number of hydrogen-bond acceptors (Lipinski definition) is 4. The Balaban J connectivity index is -0.000000142. The van der Waals surface area contributed by atoms with E-state index in [0.29, 0.717) is 0 Å². The molecule has 0 spiro atoms. The Labute approximate surface area is 86.5 Å². The predicted molar refractivity (Wildman–Crippen MR) is 38.8 cm³/mol. The van der Waals surface area contributed by atoms with Crippen LogP contribution < -0.4 is 0 Å². The van der Waals surface area contributed by atoms with E-state index >= 15 is 0 Å². The van der Waals surface area contributed by atoms with Crippen molar-refractivity contribution < 1.29 is 40.8 Å². The first kappa shape index (κ1) is 17.6. The molecule has 0 heterocycles. The Hall–Kier alpha value is -0.476. The second-order valence-corrected chi connectivity index (χ2v) is 1.99. The minimum absolute atomic E-state index is 0. The minimum atomic E-state index is -0.562. The molecule has 5 heteroatoms. The van der Waals surface area contributed by atoms with Gasteiger partial charge in [0.25, 0.3) is 0 Å². The molecular formula is C7H12O4Ti. The van der Waals surface area contributed by atoms with Gasteiger partial charge in [0, 0.05) is 35.6 Å². The number of carbonyl (C=O) groups excluding carboxylic acids is 3. The molecule has 0 N–H and O–H groups in total. The summed E-state index contributed by atoms with van der Waals surface area (Å²) in [4.78, 5) is 29.1. The van der Waals surface area contributed by atoms with Crippen LogP contribution in [0.3, 0.4) is 0 Å². The average molecular weight is 208 g/mol. The summed E-state index contributed by atoms with van der Waals surface area (Å²) >= 11 is 0. The Bertz CT molecular complexity index is 149. The first-order chi connectivity index (χ1) is 4.86. The molecule has 0 atom stereocenters. The van der Waals surface area contributed by atoms with Gasteiger partial charge >= 0.3 is 11.9 Å². The van der Waals surface area contributed by atoms with Gasteiger partial charge in [0.1, 0.15) is 5.78 Å². The van der Waals surface area contributed by atoms with Crippen LogP contribution >= 0.6 is 0 Å². The number of ketones is 1. The Morgan fingerprint density at radius 1 is 0.833 bits per heavy atom. The van der Waals surface area contributed by atoms with Crippen molar-refractivity contribution in [3.05, 3.63) is 0 Å². The molecule has 0 fully saturated rings. The molecule has 0 aliphatic heterocycles. The quantitative estimate of drug-likeness (QED) is 0.333. The van der Waals surface area contributed by atoms with Crippen molar-refractivity contribution in [2.45, 2.75) is 27.7 Å². The smallest absolute Gasteiger partial charge is 0.310 e. The number of esters is 2. The zero-order valence-electron chi connectivity index (χ0n) is 7.63. The van der Waals surface area contributed by atoms with E-state index in [1.165, 1.54) is 27.7 Å². The summed E-state index contributed by atoms with van der Waals surface area (Å²) in [5.41, 5.74) is 0. The van der Waals surface area contributed by atoms with Crippen LogP contribution in [0, 0.1) is 0 Å². The van der Waals surface area contributed by atoms with E-state index in [0.717, 1.165) is 0 Å². The third-order valence-corrected chi connectivity index (χ3v) is 0.287. The van der Waals surface area contributed by atoms with Crippen molar-refractivity contribution in [3.8, 4) is 0 Å². The van der Waals surface area contributed by atoms with E-state index in [2.05, 4.69) is 4.74 Å². The van der Waals surface area contributed by atoms with E-state index < -0.39 is 11.9 Å². The average Bonchev–Trinajstić information content (AvgIpc) is 1.56. The van der Waals surface area contributed by atoms with Gasteiger partial charge in [-0.2, -0.15) is 0 Å². The van der Waals surface area contributed by atoms with Crippen LogP contribution in [-0.2, 0) is 40.8 Å². The van der Waals surface area contributed by atoms with E-state index in [1.807, 2.05) is 0 Å². The van der Waals surface area contributed by atoms with E-state index in [4.69, 9.17) is 0 Å². The van der Waals surface area contributed by atoms with Crippen molar-refractivity contribution in [3.63, 3.8) is 0 Å². The van der Waals surface area contributed by atoms with E-state index in [-0.39, 0.29) is 27.5 Å². The normalized spacial score (nSPS) is 6.67. The fraction of sp³-hybridized carbons (Fsp3) is 0.571. The van der Waals surface area contributed by atoms with Crippen molar-refractivity contribution in [1.82, 2.24) is 0 Å². The molecule has 0 unspecified atom stereocenters. The van der Waals surface area contributed by atoms with Crippen LogP contribution in [0.25, 0.3) is 0 Å². The second kappa shape index (κ2) is 10.5. The molecule has 0 radical (unpaired) electrons. The zero-order valence-corrected chi connectivity index (χ0v) is 9.19. The topological polar surface area (TPSA) is 60.4 Å². The third kappa shape index (κ3) is 55.7. The minimum Gasteiger partial charge on any atom is -0.394 e. The van der Waals surface area contributed by atoms with Gasteiger partial charge in [0.15, 0.2) is 0 Å². The van der Waals surface area contributed by atoms with Crippen molar-refractivity contribution in [2.24, 2.45) is 0 Å². The van der Waals surface area contributed by atoms with Crippen molar-refractivity contribution in [2.75, 3.05) is 0 Å². The Morgan fingerprint density at radius 2 is 1.00 bits per heavy atom. The summed E-state index contributed by atoms with van der Waals surface area (Å²) in [6, 6.07) is 0. The van der Waals surface area contributed by atoms with Crippen LogP contribution in [0.1, 0.15) is 27.7 Å². The number of carbonyl (C=O) groups is 3. The van der Waals surface area contributed by atoms with Crippen LogP contribution in [-0.4, -0.2) is 17.7 Å². The molecule has 0 aromatic heterocycles. The molecule has 68 valence electrons. The summed E-state index contributed by atoms with van der Waals surface area (Å²) in [7, 11) is 0. The van der Waals surface area contributed by atoms with Gasteiger partial charge in [-0.1, -0.05) is 0 Å². The monoisotopic (exact) mass is 208 g/mol. The molecule has 0 saturated heterocycles. The largest absolute Gasteiger partial charge is 0.394 e. The summed E-state index contributed by atoms with van der Waals surface area (Å²) in [5.74, 6) is -0.958. The van der Waals surface area contributed by atoms with Crippen molar-refractivity contribution >= 4 is 17.7 Å². The molecule has 0 bridgehead atoms. The van der Waals surface area contributed by atoms with Gasteiger partial charge in [0.2, 0.25) is 0 Å². The molecular weight excluding hydrogens is 196 g/mol. The SMILES string of the molecule is CC(=O)OC(C)=O.CC(C)=O.[Ti]. The van der Waals surface area contributed by atoms with E-state index in [1.54, 1.807) is 0 Å². The second-order valence-electron chi connectivity index (χ2n) is 1.99. The van der Waals surface area contributed by atoms with Gasteiger partial charge in [-0.15, -0.1) is 0 Å². The maximum atomic E-state index is 9.81. The molecule has 0 aliphatic carbocycles. The molecule has 0 amide bonds. The first-order valence-electron chi connectivity index (χ1n) is 3.02. The number of rotatable bonds is 0. The fourth-order valence-electron chi connectivity index (χ4n) is 0.202. The standard InChI is InChI=1S/C4H6O3.C3H6O.Ti/c1-3(5)7-4(2)6;1-3(2)4;/h1-2H3;1-2H3;. The van der Waals surface area contributed by atoms with Crippen LogP contribution in [0.15, 0.2) is 0 Å². The molecule has 0 saturated carbocycles. The van der Waals surface area contributed by atoms with Crippen LogP contribution in [0.4, 0.5) is 0 Å². The summed E-state index contributed by atoms with van der Waals surface area (Å²) < 4.78 is 3.97. The maximum Gasteiger partial charge on any atom is 0.310 e. The van der Waals surface area contributed by atoms with Gasteiger partial charge in [-0.3, -0.25) is 9.59 Å². The number of Topliss-reactive ketones (excluding diaryl/α,β-unsaturated/α-hetero) is 1. The molecule has 12 heavy (non-hydrogen) atoms. The summed E-state index contributed by atoms with van der Waals surface area (Å²) in [6.07, 6.45) is 0. The van der Waals surface area contributed by atoms with Gasteiger partial charge in [-0.25, -0.2) is 0 Å². The summed E-state index contributed by atoms with van der Waals surface area (Å²) in [6.45, 7) is 5.42. The molecule has 0 rings (SSSR count).